The van der Waals surface area contributed by atoms with E-state index in [4.69, 9.17) is 0 Å². The number of hydrogen-bond acceptors (Lipinski definition) is 3. The van der Waals surface area contributed by atoms with Gasteiger partial charge in [0.15, 0.2) is 0 Å². The third-order valence-corrected chi connectivity index (χ3v) is 4.46. The Morgan fingerprint density at radius 2 is 1.88 bits per heavy atom. The number of carbonyl (C=O) groups is 1. The predicted molar refractivity (Wildman–Crippen MR) is 102 cm³/mol. The van der Waals surface area contributed by atoms with E-state index in [-0.39, 0.29) is 18.0 Å². The molecule has 0 aliphatic heterocycles. The minimum Gasteiger partial charge on any atom is -0.350 e. The van der Waals surface area contributed by atoms with E-state index in [1.165, 1.54) is 10.2 Å². The number of aromatic nitrogens is 3. The molecule has 2 N–H and O–H groups in total. The quantitative estimate of drug-likeness (QED) is 0.596. The van der Waals surface area contributed by atoms with Gasteiger partial charge in [0.2, 0.25) is 5.91 Å². The van der Waals surface area contributed by atoms with Crippen molar-refractivity contribution in [2.75, 3.05) is 5.32 Å². The molecule has 0 atom stereocenters. The lowest BCUT2D eigenvalue weighted by atomic mass is 10.1. The Bertz CT molecular complexity index is 1160. The number of anilines is 1. The summed E-state index contributed by atoms with van der Waals surface area (Å²) < 4.78 is 1.17. The molecule has 0 aliphatic carbocycles. The van der Waals surface area contributed by atoms with Crippen molar-refractivity contribution < 1.29 is 4.79 Å². The van der Waals surface area contributed by atoms with Gasteiger partial charge in [-0.3, -0.25) is 9.59 Å². The molecule has 6 nitrogen and oxygen atoms in total. The number of para-hydroxylation sites is 1. The molecule has 0 saturated heterocycles. The van der Waals surface area contributed by atoms with Gasteiger partial charge in [0.05, 0.1) is 6.20 Å². The van der Waals surface area contributed by atoms with Crippen LogP contribution < -0.4 is 10.9 Å². The summed E-state index contributed by atoms with van der Waals surface area (Å²) in [7, 11) is 0. The summed E-state index contributed by atoms with van der Waals surface area (Å²) in [5.74, 6) is -0.292. The van der Waals surface area contributed by atoms with Gasteiger partial charge in [0.1, 0.15) is 12.1 Å². The maximum Gasteiger partial charge on any atom is 0.291 e. The van der Waals surface area contributed by atoms with Gasteiger partial charge in [0.25, 0.3) is 5.56 Å². The lowest BCUT2D eigenvalue weighted by molar-refractivity contribution is -0.117. The van der Waals surface area contributed by atoms with E-state index in [0.29, 0.717) is 11.2 Å². The second-order valence-electron chi connectivity index (χ2n) is 6.17. The number of rotatable bonds is 4. The number of amides is 1. The van der Waals surface area contributed by atoms with Crippen molar-refractivity contribution in [3.63, 3.8) is 0 Å². The van der Waals surface area contributed by atoms with Crippen LogP contribution >= 0.6 is 0 Å². The van der Waals surface area contributed by atoms with Gasteiger partial charge in [-0.2, -0.15) is 5.10 Å². The SMILES string of the molecule is CCc1ccc(NC(=O)Cn2ncc3c([nH]c4ccccc43)c2=O)cc1. The first-order valence-electron chi connectivity index (χ1n) is 8.51. The number of nitrogens with zero attached hydrogens (tertiary/aromatic N) is 2. The molecule has 2 heterocycles. The Morgan fingerprint density at radius 1 is 1.12 bits per heavy atom. The van der Waals surface area contributed by atoms with E-state index in [0.717, 1.165) is 22.7 Å². The summed E-state index contributed by atoms with van der Waals surface area (Å²) in [6, 6.07) is 15.3. The van der Waals surface area contributed by atoms with Gasteiger partial charge in [-0.25, -0.2) is 4.68 Å². The summed E-state index contributed by atoms with van der Waals surface area (Å²) in [6.07, 6.45) is 2.57. The maximum atomic E-state index is 12.7. The van der Waals surface area contributed by atoms with Gasteiger partial charge < -0.3 is 10.3 Å². The van der Waals surface area contributed by atoms with E-state index < -0.39 is 0 Å². The largest absolute Gasteiger partial charge is 0.350 e. The first-order chi connectivity index (χ1) is 12.7. The second kappa shape index (κ2) is 6.48. The highest BCUT2D eigenvalue weighted by Crippen LogP contribution is 2.21. The molecular weight excluding hydrogens is 328 g/mol. The molecule has 0 aliphatic rings. The van der Waals surface area contributed by atoms with Gasteiger partial charge in [-0.05, 0) is 30.2 Å². The van der Waals surface area contributed by atoms with Crippen molar-refractivity contribution in [1.29, 1.82) is 0 Å². The first kappa shape index (κ1) is 16.1. The van der Waals surface area contributed by atoms with Crippen LogP contribution in [-0.2, 0) is 17.8 Å². The Morgan fingerprint density at radius 3 is 2.65 bits per heavy atom. The van der Waals surface area contributed by atoms with Gasteiger partial charge in [-0.15, -0.1) is 0 Å². The van der Waals surface area contributed by atoms with Crippen LogP contribution in [-0.4, -0.2) is 20.7 Å². The fourth-order valence-electron chi connectivity index (χ4n) is 3.05. The zero-order valence-corrected chi connectivity index (χ0v) is 14.3. The first-order valence-corrected chi connectivity index (χ1v) is 8.51. The van der Waals surface area contributed by atoms with Crippen LogP contribution in [0.25, 0.3) is 21.8 Å². The van der Waals surface area contributed by atoms with Crippen LogP contribution in [0.4, 0.5) is 5.69 Å². The molecule has 6 heteroatoms. The highest BCUT2D eigenvalue weighted by atomic mass is 16.2. The molecule has 1 amide bonds. The molecule has 130 valence electrons. The zero-order chi connectivity index (χ0) is 18.1. The average molecular weight is 346 g/mol. The van der Waals surface area contributed by atoms with E-state index in [9.17, 15) is 9.59 Å². The Hall–Kier alpha value is -3.41. The van der Waals surface area contributed by atoms with Crippen LogP contribution in [0, 0.1) is 0 Å². The Labute approximate surface area is 149 Å². The fraction of sp³-hybridized carbons (Fsp3) is 0.150. The van der Waals surface area contributed by atoms with Gasteiger partial charge in [0, 0.05) is 22.0 Å². The Balaban J connectivity index is 1.60. The van der Waals surface area contributed by atoms with E-state index in [1.807, 2.05) is 48.5 Å². The van der Waals surface area contributed by atoms with E-state index >= 15 is 0 Å². The molecule has 0 bridgehead atoms. The molecule has 2 aromatic carbocycles. The maximum absolute atomic E-state index is 12.7. The minimum absolute atomic E-state index is 0.139. The van der Waals surface area contributed by atoms with E-state index in [1.54, 1.807) is 6.20 Å². The zero-order valence-electron chi connectivity index (χ0n) is 14.3. The topological polar surface area (TPSA) is 79.8 Å². The number of nitrogens with one attached hydrogen (secondary N) is 2. The predicted octanol–water partition coefficient (Wildman–Crippen LogP) is 3.08. The molecule has 0 unspecified atom stereocenters. The molecule has 0 fully saturated rings. The number of hydrogen-bond donors (Lipinski definition) is 2. The average Bonchev–Trinajstić information content (AvgIpc) is 3.04. The number of aromatic amines is 1. The number of carbonyl (C=O) groups excluding carboxylic acids is 1. The molecular formula is C20H18N4O2. The molecule has 0 saturated carbocycles. The monoisotopic (exact) mass is 346 g/mol. The van der Waals surface area contributed by atoms with Crippen LogP contribution in [0.2, 0.25) is 0 Å². The summed E-state index contributed by atoms with van der Waals surface area (Å²) in [5.41, 5.74) is 2.92. The highest BCUT2D eigenvalue weighted by Gasteiger charge is 2.12. The van der Waals surface area contributed by atoms with Gasteiger partial charge >= 0.3 is 0 Å². The van der Waals surface area contributed by atoms with Crippen molar-refractivity contribution >= 4 is 33.4 Å². The van der Waals surface area contributed by atoms with Crippen molar-refractivity contribution in [2.45, 2.75) is 19.9 Å². The van der Waals surface area contributed by atoms with Crippen molar-refractivity contribution in [1.82, 2.24) is 14.8 Å². The summed E-state index contributed by atoms with van der Waals surface area (Å²) in [6.45, 7) is 1.94. The lowest BCUT2D eigenvalue weighted by Gasteiger charge is -2.07. The van der Waals surface area contributed by atoms with Crippen LogP contribution in [0.5, 0.6) is 0 Å². The van der Waals surface area contributed by atoms with Crippen molar-refractivity contribution in [3.8, 4) is 0 Å². The summed E-state index contributed by atoms with van der Waals surface area (Å²) >= 11 is 0. The third-order valence-electron chi connectivity index (χ3n) is 4.46. The van der Waals surface area contributed by atoms with Crippen LogP contribution in [0.3, 0.4) is 0 Å². The van der Waals surface area contributed by atoms with E-state index in [2.05, 4.69) is 22.3 Å². The molecule has 4 aromatic rings. The number of H-pyrrole nitrogens is 1. The number of fused-ring (bicyclic) bond motifs is 3. The summed E-state index contributed by atoms with van der Waals surface area (Å²) in [4.78, 5) is 28.1. The highest BCUT2D eigenvalue weighted by molar-refractivity contribution is 6.06. The normalized spacial score (nSPS) is 11.1. The molecule has 0 spiro atoms. The minimum atomic E-state index is -0.310. The molecule has 2 aromatic heterocycles. The van der Waals surface area contributed by atoms with Crippen molar-refractivity contribution in [3.05, 3.63) is 70.6 Å². The Kier molecular flexibility index (Phi) is 4.01. The lowest BCUT2D eigenvalue weighted by Crippen LogP contribution is -2.29. The third kappa shape index (κ3) is 2.86. The fourth-order valence-corrected chi connectivity index (χ4v) is 3.05. The molecule has 4 rings (SSSR count). The van der Waals surface area contributed by atoms with Gasteiger partial charge in [-0.1, -0.05) is 37.3 Å². The number of benzene rings is 2. The molecule has 0 radical (unpaired) electrons. The molecule has 26 heavy (non-hydrogen) atoms. The standard InChI is InChI=1S/C20H18N4O2/c1-2-13-7-9-14(10-8-13)22-18(25)12-24-20(26)19-16(11-21-24)15-5-3-4-6-17(15)23-19/h3-11,23H,2,12H2,1H3,(H,22,25). The van der Waals surface area contributed by atoms with Crippen LogP contribution in [0.1, 0.15) is 12.5 Å². The summed E-state index contributed by atoms with van der Waals surface area (Å²) in [5, 5.41) is 8.66. The smallest absolute Gasteiger partial charge is 0.291 e. The number of aryl methyl sites for hydroxylation is 1. The van der Waals surface area contributed by atoms with Crippen LogP contribution in [0.15, 0.2) is 59.5 Å². The van der Waals surface area contributed by atoms with Crippen molar-refractivity contribution in [2.24, 2.45) is 0 Å². The second-order valence-corrected chi connectivity index (χ2v) is 6.17.